The van der Waals surface area contributed by atoms with Crippen LogP contribution in [0.25, 0.3) is 22.4 Å². The second kappa shape index (κ2) is 5.17. The molecule has 3 aromatic rings. The van der Waals surface area contributed by atoms with Crippen LogP contribution in [-0.4, -0.2) is 17.6 Å². The van der Waals surface area contributed by atoms with E-state index in [-0.39, 0.29) is 0 Å². The van der Waals surface area contributed by atoms with Crippen molar-refractivity contribution < 1.29 is 13.9 Å². The number of carbonyl (C=O) groups excluding carboxylic acids is 1. The van der Waals surface area contributed by atoms with E-state index < -0.39 is 5.97 Å². The van der Waals surface area contributed by atoms with E-state index in [1.54, 1.807) is 25.3 Å². The molecule has 0 aliphatic rings. The summed E-state index contributed by atoms with van der Waals surface area (Å²) in [6, 6.07) is 12.9. The van der Waals surface area contributed by atoms with E-state index in [9.17, 15) is 4.79 Å². The highest BCUT2D eigenvalue weighted by molar-refractivity contribution is 5.96. The lowest BCUT2D eigenvalue weighted by atomic mass is 10.1. The van der Waals surface area contributed by atoms with Gasteiger partial charge in [0.25, 0.3) is 0 Å². The molecule has 0 aliphatic heterocycles. The monoisotopic (exact) mass is 267 g/mol. The highest BCUT2D eigenvalue weighted by Crippen LogP contribution is 2.28. The minimum absolute atomic E-state index is 0.327. The molecular weight excluding hydrogens is 254 g/mol. The van der Waals surface area contributed by atoms with Gasteiger partial charge in [0.2, 0.25) is 0 Å². The van der Waals surface area contributed by atoms with Crippen LogP contribution in [-0.2, 0) is 4.74 Å². The van der Waals surface area contributed by atoms with Crippen LogP contribution in [0.3, 0.4) is 0 Å². The van der Waals surface area contributed by atoms with E-state index in [1.807, 2.05) is 30.3 Å². The Kier molecular flexibility index (Phi) is 3.21. The summed E-state index contributed by atoms with van der Waals surface area (Å²) in [5.41, 5.74) is 1.68. The van der Waals surface area contributed by atoms with Gasteiger partial charge in [0.15, 0.2) is 5.76 Å². The zero-order chi connectivity index (χ0) is 13.9. The van der Waals surface area contributed by atoms with Gasteiger partial charge in [-0.25, -0.2) is 4.79 Å². The lowest BCUT2D eigenvalue weighted by Crippen LogP contribution is -2.07. The number of hydrogen-bond donors (Lipinski definition) is 0. The van der Waals surface area contributed by atoms with Gasteiger partial charge in [-0.15, -0.1) is 0 Å². The van der Waals surface area contributed by atoms with Crippen molar-refractivity contribution in [1.82, 2.24) is 4.98 Å². The molecule has 0 fully saturated rings. The van der Waals surface area contributed by atoms with Crippen molar-refractivity contribution >= 4 is 16.9 Å². The van der Waals surface area contributed by atoms with Crippen LogP contribution in [0, 0.1) is 0 Å². The summed E-state index contributed by atoms with van der Waals surface area (Å²) in [5.74, 6) is 0.172. The predicted molar refractivity (Wildman–Crippen MR) is 75.4 cm³/mol. The SMILES string of the molecule is CCOC(=O)c1cccnc1-c1cc2ccccc2o1. The molecule has 0 bridgehead atoms. The third kappa shape index (κ3) is 2.16. The molecule has 100 valence electrons. The fourth-order valence-corrected chi connectivity index (χ4v) is 2.07. The maximum absolute atomic E-state index is 12.0. The topological polar surface area (TPSA) is 52.3 Å². The lowest BCUT2D eigenvalue weighted by Gasteiger charge is -2.05. The molecule has 1 aromatic carbocycles. The standard InChI is InChI=1S/C16H13NO3/c1-2-19-16(18)12-7-5-9-17-15(12)14-10-11-6-3-4-8-13(11)20-14/h3-10H,2H2,1H3. The van der Waals surface area contributed by atoms with Crippen LogP contribution in [0.4, 0.5) is 0 Å². The van der Waals surface area contributed by atoms with Crippen LogP contribution < -0.4 is 0 Å². The Hall–Kier alpha value is -2.62. The maximum Gasteiger partial charge on any atom is 0.340 e. The van der Waals surface area contributed by atoms with Crippen LogP contribution in [0.1, 0.15) is 17.3 Å². The zero-order valence-corrected chi connectivity index (χ0v) is 11.0. The number of nitrogens with zero attached hydrogens (tertiary/aromatic N) is 1. The van der Waals surface area contributed by atoms with Gasteiger partial charge in [0.05, 0.1) is 12.2 Å². The van der Waals surface area contributed by atoms with Gasteiger partial charge in [-0.2, -0.15) is 0 Å². The van der Waals surface area contributed by atoms with Crippen molar-refractivity contribution in [1.29, 1.82) is 0 Å². The first-order valence-electron chi connectivity index (χ1n) is 6.40. The number of ether oxygens (including phenoxy) is 1. The highest BCUT2D eigenvalue weighted by Gasteiger charge is 2.17. The molecular formula is C16H13NO3. The van der Waals surface area contributed by atoms with Crippen LogP contribution in [0.2, 0.25) is 0 Å². The fourth-order valence-electron chi connectivity index (χ4n) is 2.07. The molecule has 0 atom stereocenters. The third-order valence-corrected chi connectivity index (χ3v) is 2.96. The molecule has 0 radical (unpaired) electrons. The Morgan fingerprint density at radius 1 is 1.25 bits per heavy atom. The Morgan fingerprint density at radius 3 is 2.90 bits per heavy atom. The average Bonchev–Trinajstić information content (AvgIpc) is 2.91. The summed E-state index contributed by atoms with van der Waals surface area (Å²) in [6.07, 6.45) is 1.63. The van der Waals surface area contributed by atoms with Gasteiger partial charge in [-0.3, -0.25) is 4.98 Å². The van der Waals surface area contributed by atoms with Crippen molar-refractivity contribution in [3.63, 3.8) is 0 Å². The molecule has 2 heterocycles. The summed E-state index contributed by atoms with van der Waals surface area (Å²) in [4.78, 5) is 16.2. The molecule has 0 aliphatic carbocycles. The summed E-state index contributed by atoms with van der Waals surface area (Å²) >= 11 is 0. The van der Waals surface area contributed by atoms with Crippen molar-refractivity contribution in [2.75, 3.05) is 6.61 Å². The van der Waals surface area contributed by atoms with Crippen LogP contribution >= 0.6 is 0 Å². The van der Waals surface area contributed by atoms with Gasteiger partial charge in [-0.1, -0.05) is 18.2 Å². The second-order valence-corrected chi connectivity index (χ2v) is 4.27. The molecule has 0 amide bonds. The number of benzene rings is 1. The Bertz CT molecular complexity index is 728. The molecule has 4 heteroatoms. The van der Waals surface area contributed by atoms with E-state index in [1.165, 1.54) is 0 Å². The average molecular weight is 267 g/mol. The molecule has 0 unspecified atom stereocenters. The Labute approximate surface area is 116 Å². The van der Waals surface area contributed by atoms with Gasteiger partial charge in [-0.05, 0) is 31.2 Å². The predicted octanol–water partition coefficient (Wildman–Crippen LogP) is 3.67. The van der Waals surface area contributed by atoms with Crippen molar-refractivity contribution in [2.24, 2.45) is 0 Å². The first kappa shape index (κ1) is 12.4. The van der Waals surface area contributed by atoms with E-state index >= 15 is 0 Å². The Balaban J connectivity index is 2.11. The number of fused-ring (bicyclic) bond motifs is 1. The van der Waals surface area contributed by atoms with Gasteiger partial charge >= 0.3 is 5.97 Å². The largest absolute Gasteiger partial charge is 0.462 e. The number of para-hydroxylation sites is 1. The highest BCUT2D eigenvalue weighted by atomic mass is 16.5. The first-order chi connectivity index (χ1) is 9.79. The molecule has 0 saturated heterocycles. The Morgan fingerprint density at radius 2 is 2.10 bits per heavy atom. The molecule has 20 heavy (non-hydrogen) atoms. The van der Waals surface area contributed by atoms with Gasteiger partial charge in [0.1, 0.15) is 11.3 Å². The number of pyridine rings is 1. The molecule has 0 spiro atoms. The zero-order valence-electron chi connectivity index (χ0n) is 11.0. The maximum atomic E-state index is 12.0. The minimum Gasteiger partial charge on any atom is -0.462 e. The summed E-state index contributed by atoms with van der Waals surface area (Å²) in [7, 11) is 0. The fraction of sp³-hybridized carbons (Fsp3) is 0.125. The summed E-state index contributed by atoms with van der Waals surface area (Å²) in [5, 5.41) is 0.975. The van der Waals surface area contributed by atoms with Crippen molar-refractivity contribution in [3.05, 3.63) is 54.2 Å². The number of rotatable bonds is 3. The number of furan rings is 1. The number of aromatic nitrogens is 1. The van der Waals surface area contributed by atoms with Crippen LogP contribution in [0.15, 0.2) is 53.1 Å². The van der Waals surface area contributed by atoms with E-state index in [0.717, 1.165) is 11.0 Å². The van der Waals surface area contributed by atoms with E-state index in [2.05, 4.69) is 4.98 Å². The number of hydrogen-bond acceptors (Lipinski definition) is 4. The third-order valence-electron chi connectivity index (χ3n) is 2.96. The number of carbonyl (C=O) groups is 1. The molecule has 0 saturated carbocycles. The smallest absolute Gasteiger partial charge is 0.340 e. The first-order valence-corrected chi connectivity index (χ1v) is 6.40. The van der Waals surface area contributed by atoms with Gasteiger partial charge < -0.3 is 9.15 Å². The van der Waals surface area contributed by atoms with E-state index in [4.69, 9.17) is 9.15 Å². The molecule has 2 aromatic heterocycles. The molecule has 0 N–H and O–H groups in total. The number of esters is 1. The normalized spacial score (nSPS) is 10.7. The molecule has 3 rings (SSSR count). The lowest BCUT2D eigenvalue weighted by molar-refractivity contribution is 0.0526. The minimum atomic E-state index is -0.393. The molecule has 4 nitrogen and oxygen atoms in total. The van der Waals surface area contributed by atoms with E-state index in [0.29, 0.717) is 23.6 Å². The van der Waals surface area contributed by atoms with Crippen LogP contribution in [0.5, 0.6) is 0 Å². The summed E-state index contributed by atoms with van der Waals surface area (Å²) < 4.78 is 10.8. The van der Waals surface area contributed by atoms with Gasteiger partial charge in [0, 0.05) is 11.6 Å². The second-order valence-electron chi connectivity index (χ2n) is 4.27. The quantitative estimate of drug-likeness (QED) is 0.679. The van der Waals surface area contributed by atoms with Crippen molar-refractivity contribution in [2.45, 2.75) is 6.92 Å². The summed E-state index contributed by atoms with van der Waals surface area (Å²) in [6.45, 7) is 2.10. The van der Waals surface area contributed by atoms with Crippen molar-refractivity contribution in [3.8, 4) is 11.5 Å².